The first-order valence-electron chi connectivity index (χ1n) is 9.80. The maximum Gasteiger partial charge on any atom is 0.270 e. The first-order chi connectivity index (χ1) is 14.6. The summed E-state index contributed by atoms with van der Waals surface area (Å²) in [7, 11) is 1.73. The summed E-state index contributed by atoms with van der Waals surface area (Å²) in [6, 6.07) is 27.6. The van der Waals surface area contributed by atoms with Crippen LogP contribution in [0.3, 0.4) is 0 Å². The van der Waals surface area contributed by atoms with Crippen molar-refractivity contribution in [2.75, 3.05) is 0 Å². The van der Waals surface area contributed by atoms with Gasteiger partial charge in [0.2, 0.25) is 0 Å². The van der Waals surface area contributed by atoms with Crippen molar-refractivity contribution in [2.24, 2.45) is 7.05 Å². The fourth-order valence-electron chi connectivity index (χ4n) is 3.46. The number of aryl methyl sites for hydroxylation is 1. The molecule has 1 heterocycles. The van der Waals surface area contributed by atoms with Crippen molar-refractivity contribution in [2.45, 2.75) is 12.5 Å². The third kappa shape index (κ3) is 4.46. The van der Waals surface area contributed by atoms with Crippen LogP contribution in [-0.4, -0.2) is 15.7 Å². The van der Waals surface area contributed by atoms with Gasteiger partial charge in [0.05, 0.1) is 11.7 Å². The number of nitrogens with one attached hydrogen (secondary N) is 1. The zero-order chi connectivity index (χ0) is 20.9. The number of carbonyl (C=O) groups is 1. The van der Waals surface area contributed by atoms with Gasteiger partial charge in [-0.15, -0.1) is 0 Å². The lowest BCUT2D eigenvalue weighted by molar-refractivity contribution is 0.0927. The highest BCUT2D eigenvalue weighted by Crippen LogP contribution is 2.22. The molecule has 0 aliphatic carbocycles. The Hall–Kier alpha value is -3.73. The topological polar surface area (TPSA) is 46.9 Å². The van der Waals surface area contributed by atoms with Crippen LogP contribution in [0.15, 0.2) is 91.0 Å². The third-order valence-corrected chi connectivity index (χ3v) is 5.04. The number of nitrogens with zero attached hydrogens (tertiary/aromatic N) is 2. The fraction of sp³-hybridized carbons (Fsp3) is 0.120. The fourth-order valence-corrected chi connectivity index (χ4v) is 3.46. The molecular formula is C25H22FN3O. The van der Waals surface area contributed by atoms with Gasteiger partial charge < -0.3 is 5.32 Å². The molecule has 1 N–H and O–H groups in total. The number of hydrogen-bond acceptors (Lipinski definition) is 2. The Kier molecular flexibility index (Phi) is 5.70. The van der Waals surface area contributed by atoms with Crippen molar-refractivity contribution in [1.29, 1.82) is 0 Å². The summed E-state index contributed by atoms with van der Waals surface area (Å²) in [5.74, 6) is -0.512. The van der Waals surface area contributed by atoms with Crippen LogP contribution in [0.5, 0.6) is 0 Å². The molecule has 0 spiro atoms. The number of rotatable bonds is 6. The molecule has 0 aliphatic rings. The highest BCUT2D eigenvalue weighted by atomic mass is 19.1. The van der Waals surface area contributed by atoms with E-state index in [1.807, 2.05) is 48.5 Å². The van der Waals surface area contributed by atoms with E-state index in [0.29, 0.717) is 17.8 Å². The van der Waals surface area contributed by atoms with Gasteiger partial charge in [-0.1, -0.05) is 60.7 Å². The van der Waals surface area contributed by atoms with Crippen LogP contribution in [0.1, 0.15) is 27.7 Å². The van der Waals surface area contributed by atoms with Crippen LogP contribution in [-0.2, 0) is 13.5 Å². The van der Waals surface area contributed by atoms with Crippen LogP contribution in [0, 0.1) is 5.82 Å². The van der Waals surface area contributed by atoms with E-state index in [-0.39, 0.29) is 17.8 Å². The minimum atomic E-state index is -0.306. The Balaban J connectivity index is 1.59. The van der Waals surface area contributed by atoms with E-state index in [2.05, 4.69) is 22.5 Å². The second-order valence-corrected chi connectivity index (χ2v) is 7.17. The molecule has 4 aromatic rings. The summed E-state index contributed by atoms with van der Waals surface area (Å²) in [4.78, 5) is 13.1. The highest BCUT2D eigenvalue weighted by Gasteiger charge is 2.20. The number of carbonyl (C=O) groups excluding carboxylic acids is 1. The smallest absolute Gasteiger partial charge is 0.270 e. The summed E-state index contributed by atoms with van der Waals surface area (Å²) in [6.07, 6.45) is 0.680. The van der Waals surface area contributed by atoms with Gasteiger partial charge in [0.25, 0.3) is 5.91 Å². The van der Waals surface area contributed by atoms with E-state index < -0.39 is 0 Å². The number of hydrogen-bond donors (Lipinski definition) is 1. The van der Waals surface area contributed by atoms with E-state index in [1.165, 1.54) is 12.1 Å². The normalized spacial score (nSPS) is 11.8. The van der Waals surface area contributed by atoms with Crippen molar-refractivity contribution in [3.63, 3.8) is 0 Å². The summed E-state index contributed by atoms with van der Waals surface area (Å²) in [5, 5.41) is 7.58. The van der Waals surface area contributed by atoms with E-state index in [1.54, 1.807) is 29.9 Å². The molecule has 30 heavy (non-hydrogen) atoms. The Morgan fingerprint density at radius 2 is 1.60 bits per heavy atom. The molecule has 1 unspecified atom stereocenters. The Morgan fingerprint density at radius 1 is 0.967 bits per heavy atom. The third-order valence-electron chi connectivity index (χ3n) is 5.04. The van der Waals surface area contributed by atoms with Crippen LogP contribution in [0.25, 0.3) is 11.3 Å². The van der Waals surface area contributed by atoms with Crippen molar-refractivity contribution < 1.29 is 9.18 Å². The summed E-state index contributed by atoms with van der Waals surface area (Å²) < 4.78 is 14.8. The van der Waals surface area contributed by atoms with Crippen molar-refractivity contribution in [1.82, 2.24) is 15.1 Å². The second-order valence-electron chi connectivity index (χ2n) is 7.17. The largest absolute Gasteiger partial charge is 0.344 e. The number of amides is 1. The summed E-state index contributed by atoms with van der Waals surface area (Å²) in [6.45, 7) is 0. The van der Waals surface area contributed by atoms with Gasteiger partial charge in [-0.05, 0) is 47.9 Å². The van der Waals surface area contributed by atoms with Crippen LogP contribution in [0.4, 0.5) is 4.39 Å². The predicted molar refractivity (Wildman–Crippen MR) is 115 cm³/mol. The SMILES string of the molecule is Cn1nc(-c2ccc(F)cc2)cc1C(=O)NC(Cc1ccccc1)c1ccccc1. The summed E-state index contributed by atoms with van der Waals surface area (Å²) >= 11 is 0. The first-order valence-corrected chi connectivity index (χ1v) is 9.80. The molecule has 150 valence electrons. The first kappa shape index (κ1) is 19.6. The minimum absolute atomic E-state index is 0.176. The van der Waals surface area contributed by atoms with E-state index in [9.17, 15) is 9.18 Å². The van der Waals surface area contributed by atoms with Crippen molar-refractivity contribution in [3.05, 3.63) is 114 Å². The molecule has 5 heteroatoms. The van der Waals surface area contributed by atoms with E-state index in [4.69, 9.17) is 0 Å². The number of aromatic nitrogens is 2. The minimum Gasteiger partial charge on any atom is -0.344 e. The van der Waals surface area contributed by atoms with Gasteiger partial charge in [0.1, 0.15) is 11.5 Å². The molecule has 0 bridgehead atoms. The molecular weight excluding hydrogens is 377 g/mol. The Labute approximate surface area is 175 Å². The maximum atomic E-state index is 13.2. The molecule has 0 saturated carbocycles. The zero-order valence-electron chi connectivity index (χ0n) is 16.6. The summed E-state index contributed by atoms with van der Waals surface area (Å²) in [5.41, 5.74) is 4.01. The number of halogens is 1. The monoisotopic (exact) mass is 399 g/mol. The Morgan fingerprint density at radius 3 is 2.27 bits per heavy atom. The lowest BCUT2D eigenvalue weighted by Crippen LogP contribution is -2.31. The average Bonchev–Trinajstić information content (AvgIpc) is 3.17. The molecule has 0 fully saturated rings. The van der Waals surface area contributed by atoms with Crippen LogP contribution >= 0.6 is 0 Å². The van der Waals surface area contributed by atoms with E-state index >= 15 is 0 Å². The predicted octanol–water partition coefficient (Wildman–Crippen LogP) is 4.94. The molecule has 4 rings (SSSR count). The van der Waals surface area contributed by atoms with E-state index in [0.717, 1.165) is 16.7 Å². The molecule has 1 amide bonds. The number of benzene rings is 3. The Bertz CT molecular complexity index is 1120. The molecule has 4 nitrogen and oxygen atoms in total. The molecule has 0 aliphatic heterocycles. The molecule has 1 aromatic heterocycles. The zero-order valence-corrected chi connectivity index (χ0v) is 16.6. The highest BCUT2D eigenvalue weighted by molar-refractivity contribution is 5.94. The molecule has 3 aromatic carbocycles. The van der Waals surface area contributed by atoms with Crippen molar-refractivity contribution in [3.8, 4) is 11.3 Å². The quantitative estimate of drug-likeness (QED) is 0.499. The second kappa shape index (κ2) is 8.74. The van der Waals surface area contributed by atoms with Crippen molar-refractivity contribution >= 4 is 5.91 Å². The molecule has 1 atom stereocenters. The van der Waals surface area contributed by atoms with Gasteiger partial charge in [-0.2, -0.15) is 5.10 Å². The van der Waals surface area contributed by atoms with Gasteiger partial charge in [-0.25, -0.2) is 4.39 Å². The van der Waals surface area contributed by atoms with Crippen LogP contribution < -0.4 is 5.32 Å². The molecule has 0 saturated heterocycles. The van der Waals surface area contributed by atoms with Gasteiger partial charge in [0.15, 0.2) is 0 Å². The van der Waals surface area contributed by atoms with Crippen LogP contribution in [0.2, 0.25) is 0 Å². The van der Waals surface area contributed by atoms with Gasteiger partial charge in [-0.3, -0.25) is 9.48 Å². The average molecular weight is 399 g/mol. The molecule has 0 radical (unpaired) electrons. The van der Waals surface area contributed by atoms with Gasteiger partial charge in [0, 0.05) is 12.6 Å². The lowest BCUT2D eigenvalue weighted by Gasteiger charge is -2.19. The lowest BCUT2D eigenvalue weighted by atomic mass is 9.98. The van der Waals surface area contributed by atoms with Gasteiger partial charge >= 0.3 is 0 Å². The maximum absolute atomic E-state index is 13.2. The standard InChI is InChI=1S/C25H22FN3O/c1-29-24(17-23(28-29)20-12-14-21(26)15-13-20)25(30)27-22(19-10-6-3-7-11-19)16-18-8-4-2-5-9-18/h2-15,17,22H,16H2,1H3,(H,27,30).